The summed E-state index contributed by atoms with van der Waals surface area (Å²) in [6.45, 7) is 12.7. The third-order valence-electron chi connectivity index (χ3n) is 3.90. The van der Waals surface area contributed by atoms with Gasteiger partial charge in [0, 0.05) is 25.8 Å². The van der Waals surface area contributed by atoms with Crippen molar-refractivity contribution in [1.82, 2.24) is 10.6 Å². The number of ether oxygens (including phenoxy) is 2. The first kappa shape index (κ1) is 20.3. The van der Waals surface area contributed by atoms with Gasteiger partial charge >= 0.3 is 0 Å². The normalized spacial score (nSPS) is 13.5. The fraction of sp³-hybridized carbons (Fsp3) is 0.632. The van der Waals surface area contributed by atoms with E-state index in [0.29, 0.717) is 13.1 Å². The van der Waals surface area contributed by atoms with E-state index in [9.17, 15) is 0 Å². The number of aliphatic imine (C=N–C) groups is 1. The summed E-state index contributed by atoms with van der Waals surface area (Å²) >= 11 is 0. The van der Waals surface area contributed by atoms with Gasteiger partial charge in [-0.1, -0.05) is 32.9 Å². The van der Waals surface area contributed by atoms with Crippen molar-refractivity contribution in [2.45, 2.75) is 47.3 Å². The van der Waals surface area contributed by atoms with Crippen LogP contribution in [0.3, 0.4) is 0 Å². The zero-order chi connectivity index (χ0) is 18.2. The number of nitrogens with zero attached hydrogens (tertiary/aromatic N) is 1. The standard InChI is InChI=1S/C19H33N3O2/c1-8-20-18(22-13-17(24-7)19(3,4)5)21-12-15-10-9-14(2)11-16(15)23-6/h9-11,17H,8,12-13H2,1-7H3,(H2,20,21,22). The molecule has 0 saturated heterocycles. The van der Waals surface area contributed by atoms with Gasteiger partial charge in [-0.25, -0.2) is 4.99 Å². The van der Waals surface area contributed by atoms with E-state index in [1.165, 1.54) is 5.56 Å². The van der Waals surface area contributed by atoms with Crippen molar-refractivity contribution >= 4 is 5.96 Å². The van der Waals surface area contributed by atoms with Crippen LogP contribution in [0.15, 0.2) is 23.2 Å². The molecule has 0 bridgehead atoms. The highest BCUT2D eigenvalue weighted by atomic mass is 16.5. The van der Waals surface area contributed by atoms with Gasteiger partial charge in [0.15, 0.2) is 5.96 Å². The summed E-state index contributed by atoms with van der Waals surface area (Å²) in [4.78, 5) is 4.67. The number of guanidine groups is 1. The van der Waals surface area contributed by atoms with Gasteiger partial charge in [-0.3, -0.25) is 0 Å². The fourth-order valence-corrected chi connectivity index (χ4v) is 2.42. The van der Waals surface area contributed by atoms with Gasteiger partial charge in [0.25, 0.3) is 0 Å². The maximum Gasteiger partial charge on any atom is 0.191 e. The van der Waals surface area contributed by atoms with Gasteiger partial charge in [0.1, 0.15) is 5.75 Å². The third-order valence-corrected chi connectivity index (χ3v) is 3.90. The van der Waals surface area contributed by atoms with Gasteiger partial charge in [0.2, 0.25) is 0 Å². The molecule has 1 rings (SSSR count). The minimum absolute atomic E-state index is 0.0687. The number of benzene rings is 1. The molecule has 136 valence electrons. The van der Waals surface area contributed by atoms with Gasteiger partial charge in [0.05, 0.1) is 19.8 Å². The number of methoxy groups -OCH3 is 2. The van der Waals surface area contributed by atoms with Crippen LogP contribution in [0.4, 0.5) is 0 Å². The molecule has 0 amide bonds. The zero-order valence-electron chi connectivity index (χ0n) is 16.2. The van der Waals surface area contributed by atoms with E-state index >= 15 is 0 Å². The molecule has 0 saturated carbocycles. The van der Waals surface area contributed by atoms with E-state index in [4.69, 9.17) is 9.47 Å². The number of rotatable bonds is 7. The molecule has 1 unspecified atom stereocenters. The second-order valence-electron chi connectivity index (χ2n) is 6.98. The maximum atomic E-state index is 5.59. The van der Waals surface area contributed by atoms with Crippen LogP contribution in [0.1, 0.15) is 38.8 Å². The topological polar surface area (TPSA) is 54.9 Å². The highest BCUT2D eigenvalue weighted by Crippen LogP contribution is 2.21. The molecule has 24 heavy (non-hydrogen) atoms. The summed E-state index contributed by atoms with van der Waals surface area (Å²) in [5.74, 6) is 1.66. The van der Waals surface area contributed by atoms with Crippen molar-refractivity contribution in [3.05, 3.63) is 29.3 Å². The van der Waals surface area contributed by atoms with Gasteiger partial charge in [-0.15, -0.1) is 0 Å². The molecule has 0 heterocycles. The molecule has 2 N–H and O–H groups in total. The summed E-state index contributed by atoms with van der Waals surface area (Å²) < 4.78 is 11.0. The van der Waals surface area contributed by atoms with Crippen molar-refractivity contribution in [2.24, 2.45) is 10.4 Å². The van der Waals surface area contributed by atoms with E-state index in [2.05, 4.69) is 62.4 Å². The molecule has 1 aromatic rings. The zero-order valence-corrected chi connectivity index (χ0v) is 16.2. The van der Waals surface area contributed by atoms with Crippen LogP contribution in [0, 0.1) is 12.3 Å². The number of hydrogen-bond donors (Lipinski definition) is 2. The molecule has 0 fully saturated rings. The maximum absolute atomic E-state index is 5.59. The van der Waals surface area contributed by atoms with Crippen LogP contribution >= 0.6 is 0 Å². The Bertz CT molecular complexity index is 536. The minimum atomic E-state index is 0.0687. The van der Waals surface area contributed by atoms with Crippen LogP contribution < -0.4 is 15.4 Å². The Kier molecular flexibility index (Phi) is 8.05. The van der Waals surface area contributed by atoms with Crippen LogP contribution in [0.25, 0.3) is 0 Å². The predicted molar refractivity (Wildman–Crippen MR) is 101 cm³/mol. The molecule has 5 heteroatoms. The van der Waals surface area contributed by atoms with Crippen molar-refractivity contribution in [3.63, 3.8) is 0 Å². The van der Waals surface area contributed by atoms with E-state index in [-0.39, 0.29) is 11.5 Å². The molecular weight excluding hydrogens is 302 g/mol. The Morgan fingerprint density at radius 2 is 1.92 bits per heavy atom. The Labute approximate surface area is 146 Å². The van der Waals surface area contributed by atoms with E-state index in [1.807, 2.05) is 6.07 Å². The molecular formula is C19H33N3O2. The second-order valence-corrected chi connectivity index (χ2v) is 6.98. The van der Waals surface area contributed by atoms with E-state index in [0.717, 1.165) is 23.8 Å². The quantitative estimate of drug-likeness (QED) is 0.594. The number of nitrogens with one attached hydrogen (secondary N) is 2. The highest BCUT2D eigenvalue weighted by molar-refractivity contribution is 5.79. The van der Waals surface area contributed by atoms with Crippen molar-refractivity contribution in [2.75, 3.05) is 27.3 Å². The second kappa shape index (κ2) is 9.52. The van der Waals surface area contributed by atoms with Crippen molar-refractivity contribution < 1.29 is 9.47 Å². The molecule has 0 aromatic heterocycles. The molecule has 0 aliphatic rings. The summed E-state index contributed by atoms with van der Waals surface area (Å²) in [7, 11) is 3.44. The Balaban J connectivity index is 2.79. The third kappa shape index (κ3) is 6.40. The lowest BCUT2D eigenvalue weighted by molar-refractivity contribution is 0.0205. The van der Waals surface area contributed by atoms with Crippen LogP contribution in [-0.4, -0.2) is 39.4 Å². The summed E-state index contributed by atoms with van der Waals surface area (Å²) in [6, 6.07) is 6.17. The average molecular weight is 335 g/mol. The van der Waals surface area contributed by atoms with E-state index < -0.39 is 0 Å². The Morgan fingerprint density at radius 1 is 1.21 bits per heavy atom. The smallest absolute Gasteiger partial charge is 0.191 e. The van der Waals surface area contributed by atoms with Gasteiger partial charge in [-0.05, 0) is 30.9 Å². The first-order chi connectivity index (χ1) is 11.3. The lowest BCUT2D eigenvalue weighted by Crippen LogP contribution is -2.45. The molecule has 0 aliphatic heterocycles. The predicted octanol–water partition coefficient (Wildman–Crippen LogP) is 3.12. The molecule has 5 nitrogen and oxygen atoms in total. The first-order valence-corrected chi connectivity index (χ1v) is 8.50. The summed E-state index contributed by atoms with van der Waals surface area (Å²) in [5.41, 5.74) is 2.32. The summed E-state index contributed by atoms with van der Waals surface area (Å²) in [6.07, 6.45) is 0.107. The minimum Gasteiger partial charge on any atom is -0.496 e. The number of hydrogen-bond acceptors (Lipinski definition) is 3. The monoisotopic (exact) mass is 335 g/mol. The lowest BCUT2D eigenvalue weighted by Gasteiger charge is -2.30. The highest BCUT2D eigenvalue weighted by Gasteiger charge is 2.24. The molecule has 0 aliphatic carbocycles. The van der Waals surface area contributed by atoms with Crippen LogP contribution in [0.5, 0.6) is 5.75 Å². The van der Waals surface area contributed by atoms with Crippen LogP contribution in [0.2, 0.25) is 0 Å². The Hall–Kier alpha value is -1.75. The van der Waals surface area contributed by atoms with Gasteiger partial charge in [-0.2, -0.15) is 0 Å². The average Bonchev–Trinajstić information content (AvgIpc) is 2.52. The largest absolute Gasteiger partial charge is 0.496 e. The van der Waals surface area contributed by atoms with Crippen molar-refractivity contribution in [3.8, 4) is 5.75 Å². The first-order valence-electron chi connectivity index (χ1n) is 8.50. The molecule has 1 aromatic carbocycles. The number of aryl methyl sites for hydroxylation is 1. The van der Waals surface area contributed by atoms with Crippen molar-refractivity contribution in [1.29, 1.82) is 0 Å². The SMILES string of the molecule is CCNC(=NCc1ccc(C)cc1OC)NCC(OC)C(C)(C)C. The molecule has 0 spiro atoms. The van der Waals surface area contributed by atoms with Gasteiger partial charge < -0.3 is 20.1 Å². The molecule has 0 radical (unpaired) electrons. The molecule has 1 atom stereocenters. The fourth-order valence-electron chi connectivity index (χ4n) is 2.42. The Morgan fingerprint density at radius 3 is 2.46 bits per heavy atom. The van der Waals surface area contributed by atoms with Crippen LogP contribution in [-0.2, 0) is 11.3 Å². The summed E-state index contributed by atoms with van der Waals surface area (Å²) in [5, 5.41) is 6.65. The van der Waals surface area contributed by atoms with E-state index in [1.54, 1.807) is 14.2 Å². The lowest BCUT2D eigenvalue weighted by atomic mass is 9.89.